The molecule has 20 heavy (non-hydrogen) atoms. The summed E-state index contributed by atoms with van der Waals surface area (Å²) in [5.74, 6) is -1.41. The first-order valence-electron chi connectivity index (χ1n) is 5.46. The molecule has 0 spiro atoms. The van der Waals surface area contributed by atoms with Gasteiger partial charge in [-0.3, -0.25) is 5.43 Å². The first-order chi connectivity index (χ1) is 9.56. The summed E-state index contributed by atoms with van der Waals surface area (Å²) >= 11 is 4.64. The number of nitrogens with one attached hydrogen (secondary N) is 1. The van der Waals surface area contributed by atoms with E-state index in [1.165, 1.54) is 23.4 Å². The van der Waals surface area contributed by atoms with Gasteiger partial charge in [0.05, 0.1) is 12.3 Å². The van der Waals surface area contributed by atoms with Crippen LogP contribution in [0.25, 0.3) is 0 Å². The third-order valence-corrected chi connectivity index (χ3v) is 2.41. The van der Waals surface area contributed by atoms with Crippen LogP contribution in [0.4, 0.5) is 8.78 Å². The molecule has 1 aromatic heterocycles. The highest BCUT2D eigenvalue weighted by atomic mass is 32.1. The maximum absolute atomic E-state index is 13.8. The number of halogens is 2. The van der Waals surface area contributed by atoms with Crippen LogP contribution >= 0.6 is 12.2 Å². The third kappa shape index (κ3) is 3.54. The molecule has 9 heteroatoms. The Morgan fingerprint density at radius 1 is 1.45 bits per heavy atom. The number of rotatable bonds is 4. The molecule has 0 saturated carbocycles. The fourth-order valence-electron chi connectivity index (χ4n) is 1.49. The molecular weight excluding hydrogens is 286 g/mol. The van der Waals surface area contributed by atoms with Crippen LogP contribution in [-0.4, -0.2) is 25.6 Å². The number of benzene rings is 1. The Labute approximate surface area is 118 Å². The highest BCUT2D eigenvalue weighted by Crippen LogP contribution is 2.11. The topological polar surface area (TPSA) is 81.1 Å². The standard InChI is InChI=1S/C11H10F2N6S/c12-7-1-2-8(9(13)3-7)10(17-18-11(14)20)4-19-6-15-5-16-19/h1-3,5-6H,4H2,(H3,14,18,20). The van der Waals surface area contributed by atoms with E-state index in [2.05, 4.69) is 32.8 Å². The zero-order valence-corrected chi connectivity index (χ0v) is 10.9. The molecule has 104 valence electrons. The van der Waals surface area contributed by atoms with Crippen molar-refractivity contribution < 1.29 is 8.78 Å². The van der Waals surface area contributed by atoms with E-state index in [-0.39, 0.29) is 22.9 Å². The molecule has 6 nitrogen and oxygen atoms in total. The molecule has 0 radical (unpaired) electrons. The summed E-state index contributed by atoms with van der Waals surface area (Å²) in [5.41, 5.74) is 8.02. The van der Waals surface area contributed by atoms with Crippen LogP contribution in [0.1, 0.15) is 5.56 Å². The zero-order chi connectivity index (χ0) is 14.5. The lowest BCUT2D eigenvalue weighted by Gasteiger charge is -2.08. The van der Waals surface area contributed by atoms with E-state index >= 15 is 0 Å². The van der Waals surface area contributed by atoms with Gasteiger partial charge in [0.25, 0.3) is 0 Å². The van der Waals surface area contributed by atoms with Crippen molar-refractivity contribution in [3.8, 4) is 0 Å². The van der Waals surface area contributed by atoms with Crippen molar-refractivity contribution in [1.29, 1.82) is 0 Å². The Bertz CT molecular complexity index is 640. The van der Waals surface area contributed by atoms with Crippen LogP contribution in [0.5, 0.6) is 0 Å². The Morgan fingerprint density at radius 3 is 2.85 bits per heavy atom. The third-order valence-electron chi connectivity index (χ3n) is 2.32. The average molecular weight is 296 g/mol. The second-order valence-corrected chi connectivity index (χ2v) is 4.19. The first-order valence-corrected chi connectivity index (χ1v) is 5.87. The van der Waals surface area contributed by atoms with E-state index in [1.54, 1.807) is 0 Å². The lowest BCUT2D eigenvalue weighted by atomic mass is 10.1. The van der Waals surface area contributed by atoms with Crippen molar-refractivity contribution in [3.05, 3.63) is 48.1 Å². The van der Waals surface area contributed by atoms with Gasteiger partial charge in [-0.2, -0.15) is 10.2 Å². The maximum Gasteiger partial charge on any atom is 0.184 e. The fraction of sp³-hybridized carbons (Fsp3) is 0.0909. The summed E-state index contributed by atoms with van der Waals surface area (Å²) in [4.78, 5) is 3.77. The second-order valence-electron chi connectivity index (χ2n) is 3.75. The molecule has 0 unspecified atom stereocenters. The molecule has 0 aliphatic carbocycles. The molecule has 0 aliphatic rings. The minimum Gasteiger partial charge on any atom is -0.375 e. The predicted octanol–water partition coefficient (Wildman–Crippen LogP) is 0.794. The normalized spacial score (nSPS) is 11.4. The highest BCUT2D eigenvalue weighted by molar-refractivity contribution is 7.80. The molecule has 1 heterocycles. The Balaban J connectivity index is 2.34. The van der Waals surface area contributed by atoms with Crippen LogP contribution in [0.2, 0.25) is 0 Å². The largest absolute Gasteiger partial charge is 0.375 e. The first kappa shape index (κ1) is 14.0. The van der Waals surface area contributed by atoms with Crippen LogP contribution in [0.3, 0.4) is 0 Å². The van der Waals surface area contributed by atoms with E-state index in [1.807, 2.05) is 0 Å². The predicted molar refractivity (Wildman–Crippen MR) is 72.8 cm³/mol. The van der Waals surface area contributed by atoms with Gasteiger partial charge in [0.15, 0.2) is 5.11 Å². The molecule has 0 atom stereocenters. The number of aromatic nitrogens is 3. The minimum atomic E-state index is -0.742. The van der Waals surface area contributed by atoms with Crippen molar-refractivity contribution in [3.63, 3.8) is 0 Å². The fourth-order valence-corrected chi connectivity index (χ4v) is 1.54. The van der Waals surface area contributed by atoms with Gasteiger partial charge in [0.1, 0.15) is 24.3 Å². The molecular formula is C11H10F2N6S. The van der Waals surface area contributed by atoms with Gasteiger partial charge in [-0.25, -0.2) is 18.4 Å². The number of hydrazone groups is 1. The van der Waals surface area contributed by atoms with E-state index in [4.69, 9.17) is 5.73 Å². The SMILES string of the molecule is NC(=S)NN=C(Cn1cncn1)c1ccc(F)cc1F. The van der Waals surface area contributed by atoms with Crippen LogP contribution in [0, 0.1) is 11.6 Å². The van der Waals surface area contributed by atoms with Gasteiger partial charge in [0, 0.05) is 11.6 Å². The van der Waals surface area contributed by atoms with Crippen molar-refractivity contribution in [2.75, 3.05) is 0 Å². The van der Waals surface area contributed by atoms with Gasteiger partial charge in [-0.15, -0.1) is 0 Å². The zero-order valence-electron chi connectivity index (χ0n) is 10.1. The van der Waals surface area contributed by atoms with Crippen LogP contribution in [0.15, 0.2) is 36.0 Å². The van der Waals surface area contributed by atoms with Crippen molar-refractivity contribution in [2.24, 2.45) is 10.8 Å². The van der Waals surface area contributed by atoms with E-state index in [0.717, 1.165) is 12.1 Å². The van der Waals surface area contributed by atoms with Gasteiger partial charge < -0.3 is 5.73 Å². The second kappa shape index (κ2) is 6.15. The van der Waals surface area contributed by atoms with Crippen molar-refractivity contribution in [1.82, 2.24) is 20.2 Å². The lowest BCUT2D eigenvalue weighted by Crippen LogP contribution is -2.27. The summed E-state index contributed by atoms with van der Waals surface area (Å²) in [7, 11) is 0. The van der Waals surface area contributed by atoms with Gasteiger partial charge in [-0.1, -0.05) is 0 Å². The molecule has 0 amide bonds. The Hall–Kier alpha value is -2.42. The Morgan fingerprint density at radius 2 is 2.25 bits per heavy atom. The Kier molecular flexibility index (Phi) is 4.31. The van der Waals surface area contributed by atoms with E-state index in [0.29, 0.717) is 0 Å². The molecule has 3 N–H and O–H groups in total. The average Bonchev–Trinajstić information content (AvgIpc) is 2.87. The number of nitrogens with two attached hydrogens (primary N) is 1. The summed E-state index contributed by atoms with van der Waals surface area (Å²) < 4.78 is 28.2. The van der Waals surface area contributed by atoms with Gasteiger partial charge >= 0.3 is 0 Å². The molecule has 2 rings (SSSR count). The minimum absolute atomic E-state index is 0.0661. The van der Waals surface area contributed by atoms with Crippen LogP contribution in [-0.2, 0) is 6.54 Å². The number of thiocarbonyl (C=S) groups is 1. The molecule has 2 aromatic rings. The molecule has 0 bridgehead atoms. The van der Waals surface area contributed by atoms with Crippen molar-refractivity contribution in [2.45, 2.75) is 6.54 Å². The number of hydrogen-bond donors (Lipinski definition) is 2. The quantitative estimate of drug-likeness (QED) is 0.495. The van der Waals surface area contributed by atoms with Crippen molar-refractivity contribution >= 4 is 23.0 Å². The molecule has 0 saturated heterocycles. The summed E-state index contributed by atoms with van der Waals surface area (Å²) in [6.45, 7) is 0.123. The summed E-state index contributed by atoms with van der Waals surface area (Å²) in [6, 6.07) is 3.19. The van der Waals surface area contributed by atoms with Gasteiger partial charge in [-0.05, 0) is 24.4 Å². The molecule has 0 fully saturated rings. The van der Waals surface area contributed by atoms with E-state index in [9.17, 15) is 8.78 Å². The van der Waals surface area contributed by atoms with Gasteiger partial charge in [0.2, 0.25) is 0 Å². The smallest absolute Gasteiger partial charge is 0.184 e. The summed E-state index contributed by atoms with van der Waals surface area (Å²) in [6.07, 6.45) is 2.78. The molecule has 1 aromatic carbocycles. The van der Waals surface area contributed by atoms with Crippen LogP contribution < -0.4 is 11.2 Å². The maximum atomic E-state index is 13.8. The molecule has 0 aliphatic heterocycles. The summed E-state index contributed by atoms with van der Waals surface area (Å²) in [5, 5.41) is 7.73. The number of nitrogens with zero attached hydrogens (tertiary/aromatic N) is 4. The number of hydrogen-bond acceptors (Lipinski definition) is 4. The monoisotopic (exact) mass is 296 g/mol. The van der Waals surface area contributed by atoms with E-state index < -0.39 is 11.6 Å². The lowest BCUT2D eigenvalue weighted by molar-refractivity contribution is 0.580. The highest BCUT2D eigenvalue weighted by Gasteiger charge is 2.12.